The Morgan fingerprint density at radius 1 is 1.38 bits per heavy atom. The number of rotatable bonds is 4. The van der Waals surface area contributed by atoms with E-state index in [0.717, 1.165) is 0 Å². The van der Waals surface area contributed by atoms with Crippen LogP contribution in [0.15, 0.2) is 18.2 Å². The maximum absolute atomic E-state index is 12.9. The highest BCUT2D eigenvalue weighted by Gasteiger charge is 2.43. The normalized spacial score (nSPS) is 20.7. The third-order valence-corrected chi connectivity index (χ3v) is 3.23. The summed E-state index contributed by atoms with van der Waals surface area (Å²) in [7, 11) is 0. The van der Waals surface area contributed by atoms with Crippen molar-refractivity contribution in [2.45, 2.75) is 18.8 Å². The highest BCUT2D eigenvalue weighted by Crippen LogP contribution is 2.42. The maximum atomic E-state index is 12.9. The molecule has 1 fully saturated rings. The highest BCUT2D eigenvalue weighted by atomic mass is 19.3. The molecule has 21 heavy (non-hydrogen) atoms. The van der Waals surface area contributed by atoms with Crippen LogP contribution in [0.5, 0.6) is 11.5 Å². The monoisotopic (exact) mass is 300 g/mol. The summed E-state index contributed by atoms with van der Waals surface area (Å²) < 4.78 is 39.8. The molecular formula is C13H14F2N2O4. The van der Waals surface area contributed by atoms with Crippen LogP contribution in [0.25, 0.3) is 0 Å². The third-order valence-electron chi connectivity index (χ3n) is 3.23. The Kier molecular flexibility index (Phi) is 3.22. The molecule has 0 bridgehead atoms. The molecule has 1 saturated heterocycles. The molecule has 0 atom stereocenters. The topological polar surface area (TPSA) is 68.8 Å². The lowest BCUT2D eigenvalue weighted by atomic mass is 10.0. The molecule has 0 unspecified atom stereocenters. The fourth-order valence-corrected chi connectivity index (χ4v) is 2.04. The molecule has 2 heterocycles. The number of carbonyl (C=O) groups is 1. The van der Waals surface area contributed by atoms with Crippen LogP contribution >= 0.6 is 0 Å². The van der Waals surface area contributed by atoms with E-state index in [9.17, 15) is 13.6 Å². The number of carbonyl (C=O) groups excluding carboxylic acids is 1. The van der Waals surface area contributed by atoms with Gasteiger partial charge in [-0.25, -0.2) is 0 Å². The van der Waals surface area contributed by atoms with Crippen LogP contribution in [0.4, 0.5) is 14.5 Å². The Hall–Kier alpha value is -1.93. The van der Waals surface area contributed by atoms with Gasteiger partial charge in [0, 0.05) is 24.8 Å². The van der Waals surface area contributed by atoms with Crippen LogP contribution < -0.4 is 20.1 Å². The van der Waals surface area contributed by atoms with Crippen LogP contribution in [-0.4, -0.2) is 37.5 Å². The summed E-state index contributed by atoms with van der Waals surface area (Å²) in [5, 5.41) is 5.61. The number of hydrogen-bond acceptors (Lipinski definition) is 5. The summed E-state index contributed by atoms with van der Waals surface area (Å²) in [4.78, 5) is 11.7. The number of hydrogen-bond donors (Lipinski definition) is 2. The first kappa shape index (κ1) is 14.0. The quantitative estimate of drug-likeness (QED) is 0.878. The Morgan fingerprint density at radius 2 is 2.10 bits per heavy atom. The van der Waals surface area contributed by atoms with Crippen LogP contribution in [0, 0.1) is 0 Å². The molecule has 0 aromatic heterocycles. The molecule has 0 radical (unpaired) electrons. The fraction of sp³-hybridized carbons (Fsp3) is 0.462. The summed E-state index contributed by atoms with van der Waals surface area (Å²) in [5.74, 6) is -0.551. The first-order valence-electron chi connectivity index (χ1n) is 6.40. The summed E-state index contributed by atoms with van der Waals surface area (Å²) in [5.41, 5.74) is 0.00872. The zero-order chi connectivity index (χ0) is 15.1. The molecule has 1 amide bonds. The summed E-state index contributed by atoms with van der Waals surface area (Å²) in [6, 6.07) is 4.04. The average molecular weight is 300 g/mol. The van der Waals surface area contributed by atoms with Crippen molar-refractivity contribution in [3.63, 3.8) is 0 Å². The Bertz CT molecular complexity index is 575. The van der Waals surface area contributed by atoms with Crippen LogP contribution in [-0.2, 0) is 9.53 Å². The minimum Gasteiger partial charge on any atom is -0.395 e. The zero-order valence-electron chi connectivity index (χ0n) is 11.2. The second-order valence-electron chi connectivity index (χ2n) is 5.22. The highest BCUT2D eigenvalue weighted by molar-refractivity contribution is 5.92. The number of nitrogens with one attached hydrogen (secondary N) is 2. The van der Waals surface area contributed by atoms with Gasteiger partial charge in [0.25, 0.3) is 0 Å². The number of alkyl halides is 2. The van der Waals surface area contributed by atoms with Gasteiger partial charge >= 0.3 is 6.29 Å². The molecule has 2 aliphatic rings. The number of ether oxygens (including phenoxy) is 3. The second-order valence-corrected chi connectivity index (χ2v) is 5.22. The molecule has 114 valence electrons. The lowest BCUT2D eigenvalue weighted by molar-refractivity contribution is -0.286. The predicted molar refractivity (Wildman–Crippen MR) is 68.5 cm³/mol. The SMILES string of the molecule is CC1(OCC(=O)Nc2ccc3c(c2)OC(F)(F)O3)CNC1. The largest absolute Gasteiger partial charge is 0.586 e. The van der Waals surface area contributed by atoms with E-state index >= 15 is 0 Å². The number of benzene rings is 1. The van der Waals surface area contributed by atoms with E-state index in [1.165, 1.54) is 18.2 Å². The van der Waals surface area contributed by atoms with E-state index in [1.54, 1.807) is 0 Å². The average Bonchev–Trinajstić information content (AvgIpc) is 2.67. The molecule has 0 aliphatic carbocycles. The van der Waals surface area contributed by atoms with Gasteiger partial charge < -0.3 is 24.8 Å². The van der Waals surface area contributed by atoms with E-state index in [1.807, 2.05) is 6.92 Å². The number of amides is 1. The lowest BCUT2D eigenvalue weighted by Gasteiger charge is -2.38. The summed E-state index contributed by atoms with van der Waals surface area (Å²) in [6.07, 6.45) is -3.67. The lowest BCUT2D eigenvalue weighted by Crippen LogP contribution is -2.59. The van der Waals surface area contributed by atoms with Crippen LogP contribution in [0.1, 0.15) is 6.92 Å². The van der Waals surface area contributed by atoms with E-state index < -0.39 is 6.29 Å². The van der Waals surface area contributed by atoms with Crippen molar-refractivity contribution in [2.24, 2.45) is 0 Å². The predicted octanol–water partition coefficient (Wildman–Crippen LogP) is 1.33. The summed E-state index contributed by atoms with van der Waals surface area (Å²) >= 11 is 0. The summed E-state index contributed by atoms with van der Waals surface area (Å²) in [6.45, 7) is 3.18. The molecular weight excluding hydrogens is 286 g/mol. The minimum atomic E-state index is -3.67. The van der Waals surface area contributed by atoms with Crippen molar-refractivity contribution in [2.75, 3.05) is 25.0 Å². The van der Waals surface area contributed by atoms with Crippen LogP contribution in [0.2, 0.25) is 0 Å². The molecule has 8 heteroatoms. The first-order valence-corrected chi connectivity index (χ1v) is 6.40. The molecule has 0 saturated carbocycles. The van der Waals surface area contributed by atoms with E-state index in [0.29, 0.717) is 18.8 Å². The van der Waals surface area contributed by atoms with Gasteiger partial charge in [-0.1, -0.05) is 0 Å². The third kappa shape index (κ3) is 3.06. The minimum absolute atomic E-state index is 0.0673. The van der Waals surface area contributed by atoms with E-state index in [-0.39, 0.29) is 29.6 Å². The van der Waals surface area contributed by atoms with Crippen molar-refractivity contribution >= 4 is 11.6 Å². The smallest absolute Gasteiger partial charge is 0.395 e. The fourth-order valence-electron chi connectivity index (χ4n) is 2.04. The molecule has 1 aromatic carbocycles. The molecule has 2 N–H and O–H groups in total. The molecule has 2 aliphatic heterocycles. The van der Waals surface area contributed by atoms with Gasteiger partial charge in [0.2, 0.25) is 5.91 Å². The van der Waals surface area contributed by atoms with Gasteiger partial charge in [0.15, 0.2) is 11.5 Å². The van der Waals surface area contributed by atoms with Gasteiger partial charge in [0.05, 0.1) is 5.60 Å². The van der Waals surface area contributed by atoms with Crippen molar-refractivity contribution in [3.05, 3.63) is 18.2 Å². The Labute approximate surface area is 119 Å². The van der Waals surface area contributed by atoms with Gasteiger partial charge in [-0.15, -0.1) is 8.78 Å². The van der Waals surface area contributed by atoms with Gasteiger partial charge in [-0.05, 0) is 19.1 Å². The standard InChI is InChI=1S/C13H14F2N2O4/c1-12(6-16-7-12)19-5-11(18)17-8-2-3-9-10(4-8)21-13(14,15)20-9/h2-4,16H,5-7H2,1H3,(H,17,18). The van der Waals surface area contributed by atoms with Crippen molar-refractivity contribution in [1.29, 1.82) is 0 Å². The number of halogens is 2. The Morgan fingerprint density at radius 3 is 2.76 bits per heavy atom. The molecule has 1 aromatic rings. The van der Waals surface area contributed by atoms with Gasteiger partial charge in [0.1, 0.15) is 6.61 Å². The van der Waals surface area contributed by atoms with E-state index in [2.05, 4.69) is 20.1 Å². The first-order chi connectivity index (χ1) is 9.85. The zero-order valence-corrected chi connectivity index (χ0v) is 11.2. The molecule has 6 nitrogen and oxygen atoms in total. The van der Waals surface area contributed by atoms with Crippen molar-refractivity contribution < 1.29 is 27.8 Å². The number of anilines is 1. The van der Waals surface area contributed by atoms with E-state index in [4.69, 9.17) is 4.74 Å². The van der Waals surface area contributed by atoms with Gasteiger partial charge in [-0.3, -0.25) is 4.79 Å². The van der Waals surface area contributed by atoms with Crippen molar-refractivity contribution in [1.82, 2.24) is 5.32 Å². The molecule has 0 spiro atoms. The van der Waals surface area contributed by atoms with Crippen LogP contribution in [0.3, 0.4) is 0 Å². The maximum Gasteiger partial charge on any atom is 0.586 e. The second kappa shape index (κ2) is 4.81. The van der Waals surface area contributed by atoms with Crippen molar-refractivity contribution in [3.8, 4) is 11.5 Å². The molecule has 3 rings (SSSR count). The Balaban J connectivity index is 1.57. The van der Waals surface area contributed by atoms with Gasteiger partial charge in [-0.2, -0.15) is 0 Å². The number of fused-ring (bicyclic) bond motifs is 1.